The van der Waals surface area contributed by atoms with Crippen LogP contribution in [-0.4, -0.2) is 14.8 Å². The minimum Gasteiger partial charge on any atom is -0.294 e. The van der Waals surface area contributed by atoms with E-state index in [0.717, 1.165) is 22.6 Å². The lowest BCUT2D eigenvalue weighted by atomic mass is 10.1. The largest absolute Gasteiger partial charge is 0.416 e. The predicted octanol–water partition coefficient (Wildman–Crippen LogP) is 6.27. The Morgan fingerprint density at radius 3 is 2.54 bits per heavy atom. The van der Waals surface area contributed by atoms with Gasteiger partial charge in [-0.05, 0) is 35.9 Å². The standard InChI is InChI=1S/C19H15Cl2F3N2OS/c1-10(2)28-16-4-3-13(20)5-11(16)8-26-9-25-17-14(18(26)27)6-12(7-15(17)21)19(22,23)24/h3-7,9-10H,8H2,1-2H3. The van der Waals surface area contributed by atoms with Gasteiger partial charge in [0.25, 0.3) is 5.56 Å². The van der Waals surface area contributed by atoms with Gasteiger partial charge in [-0.1, -0.05) is 37.0 Å². The first kappa shape index (κ1) is 21.0. The SMILES string of the molecule is CC(C)Sc1ccc(Cl)cc1Cn1cnc2c(Cl)cc(C(F)(F)F)cc2c1=O. The Morgan fingerprint density at radius 2 is 1.89 bits per heavy atom. The number of aromatic nitrogens is 2. The molecule has 2 aromatic carbocycles. The summed E-state index contributed by atoms with van der Waals surface area (Å²) >= 11 is 13.6. The van der Waals surface area contributed by atoms with E-state index in [0.29, 0.717) is 10.3 Å². The molecule has 0 unspecified atom stereocenters. The van der Waals surface area contributed by atoms with Gasteiger partial charge in [-0.3, -0.25) is 9.36 Å². The zero-order chi connectivity index (χ0) is 20.6. The van der Waals surface area contributed by atoms with Gasteiger partial charge in [0.15, 0.2) is 0 Å². The number of alkyl halides is 3. The molecular formula is C19H15Cl2F3N2OS. The minimum absolute atomic E-state index is 0.0405. The van der Waals surface area contributed by atoms with Gasteiger partial charge in [-0.15, -0.1) is 11.8 Å². The quantitative estimate of drug-likeness (QED) is 0.442. The molecule has 0 fully saturated rings. The van der Waals surface area contributed by atoms with Gasteiger partial charge in [0.1, 0.15) is 0 Å². The number of halogens is 5. The Bertz CT molecular complexity index is 1100. The third-order valence-corrected chi connectivity index (χ3v) is 5.58. The normalized spacial score (nSPS) is 12.1. The summed E-state index contributed by atoms with van der Waals surface area (Å²) < 4.78 is 40.5. The van der Waals surface area contributed by atoms with E-state index in [4.69, 9.17) is 23.2 Å². The van der Waals surface area contributed by atoms with Crippen molar-refractivity contribution in [1.82, 2.24) is 9.55 Å². The van der Waals surface area contributed by atoms with Crippen LogP contribution in [0.1, 0.15) is 25.0 Å². The van der Waals surface area contributed by atoms with Crippen LogP contribution in [0.25, 0.3) is 10.9 Å². The molecule has 3 rings (SSSR count). The fourth-order valence-electron chi connectivity index (χ4n) is 2.73. The number of hydrogen-bond acceptors (Lipinski definition) is 3. The molecule has 28 heavy (non-hydrogen) atoms. The number of thioether (sulfide) groups is 1. The van der Waals surface area contributed by atoms with Gasteiger partial charge < -0.3 is 0 Å². The summed E-state index contributed by atoms with van der Waals surface area (Å²) in [6, 6.07) is 6.92. The van der Waals surface area contributed by atoms with Gasteiger partial charge in [-0.25, -0.2) is 4.98 Å². The summed E-state index contributed by atoms with van der Waals surface area (Å²) in [7, 11) is 0. The number of benzene rings is 2. The third-order valence-electron chi connectivity index (χ3n) is 3.93. The molecule has 1 heterocycles. The van der Waals surface area contributed by atoms with Crippen LogP contribution in [0.4, 0.5) is 13.2 Å². The highest BCUT2D eigenvalue weighted by Crippen LogP contribution is 2.34. The zero-order valence-corrected chi connectivity index (χ0v) is 17.2. The maximum absolute atomic E-state index is 13.1. The van der Waals surface area contributed by atoms with Crippen molar-refractivity contribution in [1.29, 1.82) is 0 Å². The topological polar surface area (TPSA) is 34.9 Å². The Hall–Kier alpha value is -1.70. The maximum atomic E-state index is 13.1. The van der Waals surface area contributed by atoms with Crippen molar-refractivity contribution >= 4 is 45.9 Å². The molecule has 0 saturated heterocycles. The molecule has 0 N–H and O–H groups in total. The minimum atomic E-state index is -4.61. The highest BCUT2D eigenvalue weighted by atomic mass is 35.5. The molecule has 0 bridgehead atoms. The monoisotopic (exact) mass is 446 g/mol. The molecule has 0 spiro atoms. The average molecular weight is 447 g/mol. The summed E-state index contributed by atoms with van der Waals surface area (Å²) in [5, 5.41) is 0.419. The molecule has 0 aliphatic carbocycles. The summed E-state index contributed by atoms with van der Waals surface area (Å²) in [5.74, 6) is 0. The second kappa shape index (κ2) is 7.97. The highest BCUT2D eigenvalue weighted by Gasteiger charge is 2.32. The number of rotatable bonds is 4. The molecule has 0 radical (unpaired) electrons. The van der Waals surface area contributed by atoms with Crippen LogP contribution in [0.2, 0.25) is 10.0 Å². The molecule has 3 nitrogen and oxygen atoms in total. The highest BCUT2D eigenvalue weighted by molar-refractivity contribution is 8.00. The van der Waals surface area contributed by atoms with Crippen molar-refractivity contribution in [3.05, 3.63) is 68.2 Å². The van der Waals surface area contributed by atoms with Crippen LogP contribution in [0, 0.1) is 0 Å². The van der Waals surface area contributed by atoms with E-state index in [1.807, 2.05) is 19.9 Å². The summed E-state index contributed by atoms with van der Waals surface area (Å²) in [5.41, 5.74) is -0.759. The zero-order valence-electron chi connectivity index (χ0n) is 14.8. The Labute approximate surface area is 173 Å². The van der Waals surface area contributed by atoms with Crippen molar-refractivity contribution in [3.8, 4) is 0 Å². The van der Waals surface area contributed by atoms with Crippen LogP contribution in [0.3, 0.4) is 0 Å². The first-order valence-electron chi connectivity index (χ1n) is 8.27. The van der Waals surface area contributed by atoms with E-state index in [1.54, 1.807) is 23.9 Å². The summed E-state index contributed by atoms with van der Waals surface area (Å²) in [6.07, 6.45) is -3.33. The first-order chi connectivity index (χ1) is 13.1. The lowest BCUT2D eigenvalue weighted by Gasteiger charge is -2.14. The van der Waals surface area contributed by atoms with Crippen molar-refractivity contribution in [2.75, 3.05) is 0 Å². The van der Waals surface area contributed by atoms with E-state index in [2.05, 4.69) is 4.98 Å². The molecule has 0 atom stereocenters. The Morgan fingerprint density at radius 1 is 1.18 bits per heavy atom. The average Bonchev–Trinajstić information content (AvgIpc) is 2.58. The molecule has 9 heteroatoms. The first-order valence-corrected chi connectivity index (χ1v) is 9.91. The number of hydrogen-bond donors (Lipinski definition) is 0. The van der Waals surface area contributed by atoms with Crippen LogP contribution in [0.15, 0.2) is 46.3 Å². The lowest BCUT2D eigenvalue weighted by Crippen LogP contribution is -2.22. The van der Waals surface area contributed by atoms with Crippen LogP contribution >= 0.6 is 35.0 Å². The molecule has 0 aliphatic heterocycles. The molecular weight excluding hydrogens is 432 g/mol. The second-order valence-corrected chi connectivity index (χ2v) is 8.91. The predicted molar refractivity (Wildman–Crippen MR) is 108 cm³/mol. The van der Waals surface area contributed by atoms with E-state index in [9.17, 15) is 18.0 Å². The number of fused-ring (bicyclic) bond motifs is 1. The van der Waals surface area contributed by atoms with Crippen molar-refractivity contribution in [2.45, 2.75) is 36.7 Å². The van der Waals surface area contributed by atoms with E-state index in [1.165, 1.54) is 10.9 Å². The van der Waals surface area contributed by atoms with Gasteiger partial charge in [0, 0.05) is 15.2 Å². The van der Waals surface area contributed by atoms with E-state index >= 15 is 0 Å². The molecule has 0 saturated carbocycles. The molecule has 3 aromatic rings. The van der Waals surface area contributed by atoms with Crippen LogP contribution < -0.4 is 5.56 Å². The van der Waals surface area contributed by atoms with Crippen molar-refractivity contribution in [3.63, 3.8) is 0 Å². The van der Waals surface area contributed by atoms with Gasteiger partial charge >= 0.3 is 6.18 Å². The molecule has 0 amide bonds. The van der Waals surface area contributed by atoms with Crippen LogP contribution in [0.5, 0.6) is 0 Å². The Kier molecular flexibility index (Phi) is 5.98. The second-order valence-electron chi connectivity index (χ2n) is 6.45. The van der Waals surface area contributed by atoms with Gasteiger partial charge in [0.05, 0.1) is 34.4 Å². The van der Waals surface area contributed by atoms with Gasteiger partial charge in [-0.2, -0.15) is 13.2 Å². The molecule has 148 valence electrons. The summed E-state index contributed by atoms with van der Waals surface area (Å²) in [4.78, 5) is 17.9. The maximum Gasteiger partial charge on any atom is 0.416 e. The molecule has 1 aromatic heterocycles. The summed E-state index contributed by atoms with van der Waals surface area (Å²) in [6.45, 7) is 4.20. The van der Waals surface area contributed by atoms with E-state index in [-0.39, 0.29) is 22.5 Å². The van der Waals surface area contributed by atoms with Crippen molar-refractivity contribution < 1.29 is 13.2 Å². The van der Waals surface area contributed by atoms with Gasteiger partial charge in [0.2, 0.25) is 0 Å². The number of nitrogens with zero attached hydrogens (tertiary/aromatic N) is 2. The fourth-order valence-corrected chi connectivity index (χ4v) is 4.12. The molecule has 0 aliphatic rings. The Balaban J connectivity index is 2.12. The lowest BCUT2D eigenvalue weighted by molar-refractivity contribution is -0.137. The van der Waals surface area contributed by atoms with Crippen molar-refractivity contribution in [2.24, 2.45) is 0 Å². The van der Waals surface area contributed by atoms with E-state index < -0.39 is 17.3 Å². The smallest absolute Gasteiger partial charge is 0.294 e. The third kappa shape index (κ3) is 4.47. The fraction of sp³-hybridized carbons (Fsp3) is 0.263. The van der Waals surface area contributed by atoms with Crippen LogP contribution in [-0.2, 0) is 12.7 Å².